The summed E-state index contributed by atoms with van der Waals surface area (Å²) in [7, 11) is 0. The van der Waals surface area contributed by atoms with Crippen molar-refractivity contribution in [2.45, 2.75) is 20.8 Å². The van der Waals surface area contributed by atoms with Gasteiger partial charge in [0.25, 0.3) is 0 Å². The van der Waals surface area contributed by atoms with Crippen LogP contribution in [0, 0.1) is 26.6 Å². The monoisotopic (exact) mass is 351 g/mol. The van der Waals surface area contributed by atoms with Crippen LogP contribution in [0.4, 0.5) is 4.39 Å². The van der Waals surface area contributed by atoms with Crippen LogP contribution in [0.3, 0.4) is 0 Å². The number of nitrogens with zero attached hydrogens (tertiary/aromatic N) is 1. The van der Waals surface area contributed by atoms with E-state index < -0.39 is 11.8 Å². The summed E-state index contributed by atoms with van der Waals surface area (Å²) in [6.07, 6.45) is 0. The number of esters is 1. The average molecular weight is 351 g/mol. The van der Waals surface area contributed by atoms with E-state index in [0.29, 0.717) is 22.2 Å². The Kier molecular flexibility index (Phi) is 4.80. The molecule has 0 aliphatic heterocycles. The minimum atomic E-state index is -0.626. The van der Waals surface area contributed by atoms with Gasteiger partial charge in [0.2, 0.25) is 0 Å². The third-order valence-corrected chi connectivity index (χ3v) is 4.35. The zero-order chi connectivity index (χ0) is 18.8. The highest BCUT2D eigenvalue weighted by molar-refractivity contribution is 6.00. The van der Waals surface area contributed by atoms with E-state index in [1.165, 1.54) is 12.1 Å². The Labute approximate surface area is 150 Å². The molecule has 0 bridgehead atoms. The van der Waals surface area contributed by atoms with Crippen LogP contribution >= 0.6 is 0 Å². The molecule has 1 heterocycles. The van der Waals surface area contributed by atoms with Gasteiger partial charge in [0.05, 0.1) is 16.8 Å². The zero-order valence-corrected chi connectivity index (χ0v) is 14.8. The maximum absolute atomic E-state index is 13.3. The van der Waals surface area contributed by atoms with Gasteiger partial charge in [-0.05, 0) is 56.2 Å². The number of aryl methyl sites for hydroxylation is 3. The highest BCUT2D eigenvalue weighted by Crippen LogP contribution is 2.19. The molecule has 5 heteroatoms. The Balaban J connectivity index is 1.76. The molecule has 132 valence electrons. The van der Waals surface area contributed by atoms with E-state index in [0.717, 1.165) is 11.1 Å². The van der Waals surface area contributed by atoms with Crippen molar-refractivity contribution in [3.8, 4) is 0 Å². The molecule has 0 aliphatic carbocycles. The van der Waals surface area contributed by atoms with Crippen molar-refractivity contribution < 1.29 is 18.7 Å². The first kappa shape index (κ1) is 17.7. The lowest BCUT2D eigenvalue weighted by atomic mass is 10.0. The van der Waals surface area contributed by atoms with E-state index in [1.807, 2.05) is 19.9 Å². The number of carbonyl (C=O) groups excluding carboxylic acids is 2. The van der Waals surface area contributed by atoms with Gasteiger partial charge in [0, 0.05) is 17.0 Å². The number of ketones is 1. The van der Waals surface area contributed by atoms with Crippen molar-refractivity contribution in [2.24, 2.45) is 0 Å². The second kappa shape index (κ2) is 7.04. The van der Waals surface area contributed by atoms with E-state index in [2.05, 4.69) is 4.98 Å². The number of pyridine rings is 1. The maximum atomic E-state index is 13.3. The van der Waals surface area contributed by atoms with Crippen LogP contribution in [0.15, 0.2) is 42.5 Å². The number of rotatable bonds is 4. The molecule has 0 aliphatic rings. The summed E-state index contributed by atoms with van der Waals surface area (Å²) in [5, 5.41) is 0.629. The minimum absolute atomic E-state index is 0.261. The second-order valence-electron chi connectivity index (χ2n) is 6.26. The third kappa shape index (κ3) is 3.61. The highest BCUT2D eigenvalue weighted by Gasteiger charge is 2.16. The molecule has 26 heavy (non-hydrogen) atoms. The van der Waals surface area contributed by atoms with Gasteiger partial charge in [-0.25, -0.2) is 9.18 Å². The number of aromatic nitrogens is 1. The lowest BCUT2D eigenvalue weighted by molar-refractivity contribution is 0.0473. The van der Waals surface area contributed by atoms with Crippen molar-refractivity contribution in [3.05, 3.63) is 76.2 Å². The molecular weight excluding hydrogens is 333 g/mol. The molecule has 2 aromatic carbocycles. The van der Waals surface area contributed by atoms with Crippen LogP contribution in [-0.4, -0.2) is 23.3 Å². The quantitative estimate of drug-likeness (QED) is 0.518. The van der Waals surface area contributed by atoms with Gasteiger partial charge in [-0.1, -0.05) is 12.1 Å². The fraction of sp³-hybridized carbons (Fsp3) is 0.190. The first-order valence-electron chi connectivity index (χ1n) is 8.19. The van der Waals surface area contributed by atoms with Crippen molar-refractivity contribution in [1.82, 2.24) is 4.98 Å². The topological polar surface area (TPSA) is 56.3 Å². The lowest BCUT2D eigenvalue weighted by Gasteiger charge is -2.09. The molecule has 0 atom stereocenters. The van der Waals surface area contributed by atoms with Crippen molar-refractivity contribution in [2.75, 3.05) is 6.61 Å². The summed E-state index contributed by atoms with van der Waals surface area (Å²) in [4.78, 5) is 28.8. The van der Waals surface area contributed by atoms with Gasteiger partial charge in [-0.2, -0.15) is 0 Å². The van der Waals surface area contributed by atoms with Crippen LogP contribution < -0.4 is 0 Å². The summed E-state index contributed by atoms with van der Waals surface area (Å²) in [6.45, 7) is 5.18. The SMILES string of the molecule is Cc1ccc(C(=O)COC(=O)c2cc3ccc(F)cc3nc2C)cc1C. The van der Waals surface area contributed by atoms with Gasteiger partial charge in [0.1, 0.15) is 5.82 Å². The van der Waals surface area contributed by atoms with Crippen molar-refractivity contribution in [3.63, 3.8) is 0 Å². The number of hydrogen-bond acceptors (Lipinski definition) is 4. The largest absolute Gasteiger partial charge is 0.454 e. The van der Waals surface area contributed by atoms with E-state index in [1.54, 1.807) is 31.2 Å². The van der Waals surface area contributed by atoms with Crippen LogP contribution in [0.2, 0.25) is 0 Å². The lowest BCUT2D eigenvalue weighted by Crippen LogP contribution is -2.15. The van der Waals surface area contributed by atoms with Gasteiger partial charge < -0.3 is 4.74 Å². The molecule has 0 spiro atoms. The number of fused-ring (bicyclic) bond motifs is 1. The van der Waals surface area contributed by atoms with Crippen LogP contribution in [0.5, 0.6) is 0 Å². The van der Waals surface area contributed by atoms with Gasteiger partial charge >= 0.3 is 5.97 Å². The molecule has 0 fully saturated rings. The number of carbonyl (C=O) groups is 2. The Morgan fingerprint density at radius 1 is 1.00 bits per heavy atom. The first-order chi connectivity index (χ1) is 12.3. The Hall–Kier alpha value is -3.08. The van der Waals surface area contributed by atoms with Gasteiger partial charge in [-0.3, -0.25) is 9.78 Å². The van der Waals surface area contributed by atoms with Gasteiger partial charge in [-0.15, -0.1) is 0 Å². The third-order valence-electron chi connectivity index (χ3n) is 4.35. The van der Waals surface area contributed by atoms with E-state index in [-0.39, 0.29) is 18.0 Å². The van der Waals surface area contributed by atoms with Crippen LogP contribution in [-0.2, 0) is 4.74 Å². The second-order valence-corrected chi connectivity index (χ2v) is 6.26. The molecule has 4 nitrogen and oxygen atoms in total. The molecule has 3 rings (SSSR count). The molecule has 0 saturated heterocycles. The van der Waals surface area contributed by atoms with Gasteiger partial charge in [0.15, 0.2) is 12.4 Å². The molecule has 0 amide bonds. The Morgan fingerprint density at radius 3 is 2.50 bits per heavy atom. The molecule has 0 unspecified atom stereocenters. The summed E-state index contributed by atoms with van der Waals surface area (Å²) < 4.78 is 18.4. The Bertz CT molecular complexity index is 1030. The highest BCUT2D eigenvalue weighted by atomic mass is 19.1. The molecular formula is C21H18FNO3. The predicted molar refractivity (Wildman–Crippen MR) is 97.0 cm³/mol. The predicted octanol–water partition coefficient (Wildman–Crippen LogP) is 4.34. The zero-order valence-electron chi connectivity index (χ0n) is 14.8. The molecule has 0 radical (unpaired) electrons. The summed E-state index contributed by atoms with van der Waals surface area (Å²) >= 11 is 0. The fourth-order valence-electron chi connectivity index (χ4n) is 2.65. The average Bonchev–Trinajstić information content (AvgIpc) is 2.61. The summed E-state index contributed by atoms with van der Waals surface area (Å²) in [6, 6.07) is 11.1. The smallest absolute Gasteiger partial charge is 0.340 e. The molecule has 0 saturated carbocycles. The first-order valence-corrected chi connectivity index (χ1v) is 8.19. The van der Waals surface area contributed by atoms with Crippen molar-refractivity contribution in [1.29, 1.82) is 0 Å². The van der Waals surface area contributed by atoms with Crippen LogP contribution in [0.25, 0.3) is 10.9 Å². The fourth-order valence-corrected chi connectivity index (χ4v) is 2.65. The van der Waals surface area contributed by atoms with E-state index in [4.69, 9.17) is 4.74 Å². The summed E-state index contributed by atoms with van der Waals surface area (Å²) in [5.74, 6) is -1.29. The van der Waals surface area contributed by atoms with Crippen molar-refractivity contribution >= 4 is 22.7 Å². The number of benzene rings is 2. The Morgan fingerprint density at radius 2 is 1.77 bits per heavy atom. The van der Waals surface area contributed by atoms with E-state index >= 15 is 0 Å². The number of halogens is 1. The number of ether oxygens (including phenoxy) is 1. The normalized spacial score (nSPS) is 10.8. The summed E-state index contributed by atoms with van der Waals surface area (Å²) in [5.41, 5.74) is 3.75. The number of Topliss-reactive ketones (excluding diaryl/α,β-unsaturated/α-hetero) is 1. The molecule has 3 aromatic rings. The molecule has 0 N–H and O–H groups in total. The minimum Gasteiger partial charge on any atom is -0.454 e. The van der Waals surface area contributed by atoms with E-state index in [9.17, 15) is 14.0 Å². The standard InChI is InChI=1S/C21H18FNO3/c1-12-4-5-16(8-13(12)2)20(24)11-26-21(25)18-9-15-6-7-17(22)10-19(15)23-14(18)3/h4-10H,11H2,1-3H3. The number of hydrogen-bond donors (Lipinski definition) is 0. The van der Waals surface area contributed by atoms with Crippen LogP contribution in [0.1, 0.15) is 37.5 Å². The molecule has 1 aromatic heterocycles. The maximum Gasteiger partial charge on any atom is 0.340 e.